The lowest BCUT2D eigenvalue weighted by molar-refractivity contribution is 0.458. The molecular weight excluding hydrogens is 198 g/mol. The molecule has 0 amide bonds. The first-order chi connectivity index (χ1) is 7.66. The molecule has 0 spiro atoms. The SMILES string of the molecule is NC1=CC2C(N)C3C=C(N)C=CC3C2C=C1. The van der Waals surface area contributed by atoms with Crippen molar-refractivity contribution in [1.29, 1.82) is 0 Å². The van der Waals surface area contributed by atoms with E-state index in [2.05, 4.69) is 24.3 Å². The summed E-state index contributed by atoms with van der Waals surface area (Å²) in [6.07, 6.45) is 12.6. The molecule has 0 aromatic carbocycles. The van der Waals surface area contributed by atoms with Gasteiger partial charge in [-0.25, -0.2) is 0 Å². The fourth-order valence-corrected chi connectivity index (χ4v) is 3.24. The van der Waals surface area contributed by atoms with Crippen LogP contribution in [0.4, 0.5) is 0 Å². The van der Waals surface area contributed by atoms with Gasteiger partial charge in [0.15, 0.2) is 0 Å². The molecule has 4 unspecified atom stereocenters. The Kier molecular flexibility index (Phi) is 1.98. The van der Waals surface area contributed by atoms with Crippen molar-refractivity contribution in [3.63, 3.8) is 0 Å². The Morgan fingerprint density at radius 1 is 0.750 bits per heavy atom. The molecule has 0 aromatic heterocycles. The monoisotopic (exact) mass is 215 g/mol. The smallest absolute Gasteiger partial charge is 0.0273 e. The number of allylic oxidation sites excluding steroid dienone is 4. The first kappa shape index (κ1) is 9.73. The molecule has 3 heteroatoms. The summed E-state index contributed by atoms with van der Waals surface area (Å²) in [6.45, 7) is 0. The third-order valence-electron chi connectivity index (χ3n) is 4.01. The number of rotatable bonds is 0. The van der Waals surface area contributed by atoms with Crippen molar-refractivity contribution in [2.75, 3.05) is 0 Å². The van der Waals surface area contributed by atoms with E-state index in [-0.39, 0.29) is 6.04 Å². The number of nitrogens with two attached hydrogens (primary N) is 3. The van der Waals surface area contributed by atoms with Gasteiger partial charge in [-0.15, -0.1) is 0 Å². The molecule has 0 saturated heterocycles. The quantitative estimate of drug-likeness (QED) is 0.554. The van der Waals surface area contributed by atoms with Gasteiger partial charge in [-0.2, -0.15) is 0 Å². The Balaban J connectivity index is 1.99. The van der Waals surface area contributed by atoms with Crippen LogP contribution < -0.4 is 17.2 Å². The maximum atomic E-state index is 6.30. The average Bonchev–Trinajstić information content (AvgIpc) is 2.53. The zero-order valence-corrected chi connectivity index (χ0v) is 9.08. The van der Waals surface area contributed by atoms with Gasteiger partial charge in [-0.05, 0) is 24.0 Å². The summed E-state index contributed by atoms with van der Waals surface area (Å²) < 4.78 is 0. The highest BCUT2D eigenvalue weighted by Gasteiger charge is 2.46. The lowest BCUT2D eigenvalue weighted by Gasteiger charge is -2.23. The van der Waals surface area contributed by atoms with Crippen LogP contribution >= 0.6 is 0 Å². The predicted molar refractivity (Wildman–Crippen MR) is 64.8 cm³/mol. The van der Waals surface area contributed by atoms with Crippen molar-refractivity contribution in [2.45, 2.75) is 6.04 Å². The molecule has 0 aliphatic heterocycles. The topological polar surface area (TPSA) is 78.1 Å². The number of hydrogen-bond acceptors (Lipinski definition) is 3. The molecule has 84 valence electrons. The minimum absolute atomic E-state index is 0.127. The molecule has 1 saturated carbocycles. The summed E-state index contributed by atoms with van der Waals surface area (Å²) in [7, 11) is 0. The lowest BCUT2D eigenvalue weighted by atomic mass is 9.82. The molecule has 3 rings (SSSR count). The van der Waals surface area contributed by atoms with Crippen LogP contribution in [0.25, 0.3) is 0 Å². The summed E-state index contributed by atoms with van der Waals surface area (Å²) in [6, 6.07) is 0.127. The van der Waals surface area contributed by atoms with Gasteiger partial charge in [-0.3, -0.25) is 0 Å². The molecule has 0 aromatic rings. The van der Waals surface area contributed by atoms with Crippen LogP contribution in [0.1, 0.15) is 0 Å². The first-order valence-electron chi connectivity index (χ1n) is 5.73. The van der Waals surface area contributed by atoms with Gasteiger partial charge >= 0.3 is 0 Å². The van der Waals surface area contributed by atoms with Crippen molar-refractivity contribution in [1.82, 2.24) is 0 Å². The van der Waals surface area contributed by atoms with Crippen molar-refractivity contribution in [3.8, 4) is 0 Å². The Morgan fingerprint density at radius 2 is 1.19 bits per heavy atom. The third kappa shape index (κ3) is 1.25. The normalized spacial score (nSPS) is 44.7. The summed E-state index contributed by atoms with van der Waals surface area (Å²) in [5.41, 5.74) is 19.6. The van der Waals surface area contributed by atoms with E-state index in [1.54, 1.807) is 0 Å². The Morgan fingerprint density at radius 3 is 1.62 bits per heavy atom. The largest absolute Gasteiger partial charge is 0.399 e. The second-order valence-electron chi connectivity index (χ2n) is 4.94. The maximum absolute atomic E-state index is 6.30. The van der Waals surface area contributed by atoms with Gasteiger partial charge in [-0.1, -0.05) is 24.3 Å². The fraction of sp³-hybridized carbons (Fsp3) is 0.385. The standard InChI is InChI=1S/C13H17N3/c14-7-1-3-9-10-4-2-8(15)6-12(10)13(16)11(9)5-7/h1-6,9-13H,14-16H2. The van der Waals surface area contributed by atoms with Crippen LogP contribution in [0.5, 0.6) is 0 Å². The molecule has 0 bridgehead atoms. The Bertz CT molecular complexity index is 386. The molecule has 3 nitrogen and oxygen atoms in total. The summed E-state index contributed by atoms with van der Waals surface area (Å²) in [5, 5.41) is 0. The van der Waals surface area contributed by atoms with E-state index < -0.39 is 0 Å². The summed E-state index contributed by atoms with van der Waals surface area (Å²) in [5.74, 6) is 1.67. The predicted octanol–water partition coefficient (Wildman–Crippen LogP) is 0.617. The van der Waals surface area contributed by atoms with Crippen LogP contribution in [0.2, 0.25) is 0 Å². The van der Waals surface area contributed by atoms with Crippen molar-refractivity contribution in [2.24, 2.45) is 40.9 Å². The second kappa shape index (κ2) is 3.25. The van der Waals surface area contributed by atoms with Crippen LogP contribution in [-0.4, -0.2) is 6.04 Å². The average molecular weight is 215 g/mol. The third-order valence-corrected chi connectivity index (χ3v) is 4.01. The molecule has 0 heterocycles. The van der Waals surface area contributed by atoms with Crippen LogP contribution in [-0.2, 0) is 0 Å². The van der Waals surface area contributed by atoms with E-state index in [0.29, 0.717) is 23.7 Å². The minimum atomic E-state index is 0.127. The van der Waals surface area contributed by atoms with E-state index in [9.17, 15) is 0 Å². The highest BCUT2D eigenvalue weighted by molar-refractivity contribution is 5.34. The zero-order valence-electron chi connectivity index (χ0n) is 9.08. The molecule has 16 heavy (non-hydrogen) atoms. The van der Waals surface area contributed by atoms with Gasteiger partial charge in [0.05, 0.1) is 0 Å². The van der Waals surface area contributed by atoms with Crippen LogP contribution in [0, 0.1) is 23.7 Å². The molecule has 0 radical (unpaired) electrons. The van der Waals surface area contributed by atoms with Crippen LogP contribution in [0.3, 0.4) is 0 Å². The first-order valence-corrected chi connectivity index (χ1v) is 5.73. The summed E-state index contributed by atoms with van der Waals surface area (Å²) in [4.78, 5) is 0. The van der Waals surface area contributed by atoms with Crippen molar-refractivity contribution >= 4 is 0 Å². The summed E-state index contributed by atoms with van der Waals surface area (Å²) >= 11 is 0. The van der Waals surface area contributed by atoms with E-state index in [1.807, 2.05) is 12.2 Å². The molecule has 1 fully saturated rings. The lowest BCUT2D eigenvalue weighted by Crippen LogP contribution is -2.32. The number of hydrogen-bond donors (Lipinski definition) is 3. The molecule has 4 atom stereocenters. The van der Waals surface area contributed by atoms with Gasteiger partial charge in [0, 0.05) is 29.3 Å². The van der Waals surface area contributed by atoms with E-state index >= 15 is 0 Å². The maximum Gasteiger partial charge on any atom is 0.0273 e. The van der Waals surface area contributed by atoms with E-state index in [4.69, 9.17) is 17.2 Å². The minimum Gasteiger partial charge on any atom is -0.399 e. The number of fused-ring (bicyclic) bond motifs is 3. The Labute approximate surface area is 95.4 Å². The van der Waals surface area contributed by atoms with Gasteiger partial charge in [0.25, 0.3) is 0 Å². The zero-order chi connectivity index (χ0) is 11.3. The molecular formula is C13H17N3. The van der Waals surface area contributed by atoms with Gasteiger partial charge in [0.1, 0.15) is 0 Å². The molecule has 6 N–H and O–H groups in total. The highest BCUT2D eigenvalue weighted by atomic mass is 14.7. The molecule has 3 aliphatic rings. The van der Waals surface area contributed by atoms with Gasteiger partial charge in [0.2, 0.25) is 0 Å². The van der Waals surface area contributed by atoms with E-state index in [0.717, 1.165) is 11.4 Å². The fourth-order valence-electron chi connectivity index (χ4n) is 3.24. The highest BCUT2D eigenvalue weighted by Crippen LogP contribution is 2.47. The van der Waals surface area contributed by atoms with E-state index in [1.165, 1.54) is 0 Å². The Hall–Kier alpha value is -1.48. The molecule has 3 aliphatic carbocycles. The van der Waals surface area contributed by atoms with Crippen LogP contribution in [0.15, 0.2) is 47.9 Å². The second-order valence-corrected chi connectivity index (χ2v) is 4.94. The van der Waals surface area contributed by atoms with Crippen molar-refractivity contribution < 1.29 is 0 Å². The van der Waals surface area contributed by atoms with Gasteiger partial charge < -0.3 is 17.2 Å². The van der Waals surface area contributed by atoms with Crippen molar-refractivity contribution in [3.05, 3.63) is 47.9 Å².